The lowest BCUT2D eigenvalue weighted by molar-refractivity contribution is 0.106. The fourth-order valence-electron chi connectivity index (χ4n) is 0.963. The summed E-state index contributed by atoms with van der Waals surface area (Å²) in [4.78, 5) is 15.3. The predicted molar refractivity (Wildman–Crippen MR) is 52.9 cm³/mol. The van der Waals surface area contributed by atoms with Gasteiger partial charge in [0.2, 0.25) is 5.82 Å². The second-order valence-corrected chi connectivity index (χ2v) is 4.44. The zero-order valence-electron chi connectivity index (χ0n) is 8.24. The third kappa shape index (κ3) is 2.09. The molecule has 72 valence electrons. The molecule has 0 aromatic carbocycles. The summed E-state index contributed by atoms with van der Waals surface area (Å²) in [5, 5.41) is 3.98. The number of carbonyl (C=O) groups excluding carboxylic acids is 1. The first-order chi connectivity index (χ1) is 5.96. The number of aromatic nitrogens is 3. The van der Waals surface area contributed by atoms with Gasteiger partial charge in [0, 0.05) is 0 Å². The van der Waals surface area contributed by atoms with Crippen LogP contribution in [0, 0.1) is 0 Å². The van der Waals surface area contributed by atoms with E-state index < -0.39 is 0 Å². The molecule has 1 aromatic heterocycles. The summed E-state index contributed by atoms with van der Waals surface area (Å²) in [6.45, 7) is 5.95. The van der Waals surface area contributed by atoms with Crippen LogP contribution >= 0.6 is 11.8 Å². The number of hydrogen-bond donors (Lipinski definition) is 0. The van der Waals surface area contributed by atoms with Crippen molar-refractivity contribution >= 4 is 16.9 Å². The Kier molecular flexibility index (Phi) is 2.75. The smallest absolute Gasteiger partial charge is 0.256 e. The highest BCUT2D eigenvalue weighted by molar-refractivity contribution is 8.13. The standard InChI is InChI=1S/C8H13N3OS/c1-8(2,3)11-6(7(12)13-4)9-5-10-11/h5H,1-4H3. The van der Waals surface area contributed by atoms with Crippen LogP contribution < -0.4 is 0 Å². The molecule has 13 heavy (non-hydrogen) atoms. The van der Waals surface area contributed by atoms with E-state index in [1.807, 2.05) is 20.8 Å². The molecule has 0 saturated heterocycles. The molecule has 0 bridgehead atoms. The molecule has 1 aromatic rings. The van der Waals surface area contributed by atoms with Gasteiger partial charge in [-0.05, 0) is 27.0 Å². The number of thioether (sulfide) groups is 1. The van der Waals surface area contributed by atoms with Crippen LogP contribution in [0.2, 0.25) is 0 Å². The maximum Gasteiger partial charge on any atom is 0.256 e. The summed E-state index contributed by atoms with van der Waals surface area (Å²) >= 11 is 1.15. The first-order valence-corrected chi connectivity index (χ1v) is 5.18. The lowest BCUT2D eigenvalue weighted by Gasteiger charge is -2.20. The zero-order chi connectivity index (χ0) is 10.1. The van der Waals surface area contributed by atoms with Crippen molar-refractivity contribution in [1.82, 2.24) is 14.8 Å². The molecule has 0 amide bonds. The summed E-state index contributed by atoms with van der Waals surface area (Å²) in [6.07, 6.45) is 3.15. The Bertz CT molecular complexity index is 313. The molecule has 0 N–H and O–H groups in total. The van der Waals surface area contributed by atoms with Gasteiger partial charge in [0.15, 0.2) is 0 Å². The van der Waals surface area contributed by atoms with Gasteiger partial charge >= 0.3 is 0 Å². The first kappa shape index (κ1) is 10.2. The maximum absolute atomic E-state index is 11.4. The van der Waals surface area contributed by atoms with Crippen LogP contribution in [0.5, 0.6) is 0 Å². The highest BCUT2D eigenvalue weighted by Crippen LogP contribution is 2.16. The average Bonchev–Trinajstić information content (AvgIpc) is 2.49. The normalized spacial score (nSPS) is 11.7. The Hall–Kier alpha value is -0.840. The molecular formula is C8H13N3OS. The predicted octanol–water partition coefficient (Wildman–Crippen LogP) is 1.54. The molecule has 0 unspecified atom stereocenters. The lowest BCUT2D eigenvalue weighted by Crippen LogP contribution is -2.26. The van der Waals surface area contributed by atoms with E-state index in [-0.39, 0.29) is 10.7 Å². The average molecular weight is 199 g/mol. The quantitative estimate of drug-likeness (QED) is 0.688. The molecule has 5 heteroatoms. The van der Waals surface area contributed by atoms with Gasteiger partial charge in [-0.2, -0.15) is 5.10 Å². The zero-order valence-corrected chi connectivity index (χ0v) is 9.05. The van der Waals surface area contributed by atoms with Crippen LogP contribution in [0.4, 0.5) is 0 Å². The van der Waals surface area contributed by atoms with Crippen molar-refractivity contribution in [2.75, 3.05) is 6.26 Å². The van der Waals surface area contributed by atoms with Crippen molar-refractivity contribution in [3.05, 3.63) is 12.2 Å². The largest absolute Gasteiger partial charge is 0.278 e. The van der Waals surface area contributed by atoms with Crippen molar-refractivity contribution in [3.8, 4) is 0 Å². The van der Waals surface area contributed by atoms with E-state index in [0.29, 0.717) is 5.82 Å². The number of rotatable bonds is 1. The maximum atomic E-state index is 11.4. The third-order valence-electron chi connectivity index (χ3n) is 1.55. The minimum Gasteiger partial charge on any atom is -0.278 e. The molecular weight excluding hydrogens is 186 g/mol. The van der Waals surface area contributed by atoms with E-state index in [9.17, 15) is 4.79 Å². The van der Waals surface area contributed by atoms with E-state index in [1.54, 1.807) is 10.9 Å². The highest BCUT2D eigenvalue weighted by Gasteiger charge is 2.22. The van der Waals surface area contributed by atoms with Crippen molar-refractivity contribution in [3.63, 3.8) is 0 Å². The summed E-state index contributed by atoms with van der Waals surface area (Å²) in [5.74, 6) is 0.417. The fourth-order valence-corrected chi connectivity index (χ4v) is 1.28. The van der Waals surface area contributed by atoms with Gasteiger partial charge in [-0.1, -0.05) is 11.8 Å². The Morgan fingerprint density at radius 1 is 1.54 bits per heavy atom. The Morgan fingerprint density at radius 2 is 2.15 bits per heavy atom. The van der Waals surface area contributed by atoms with Gasteiger partial charge < -0.3 is 0 Å². The first-order valence-electron chi connectivity index (χ1n) is 3.95. The van der Waals surface area contributed by atoms with Gasteiger partial charge in [-0.3, -0.25) is 4.79 Å². The van der Waals surface area contributed by atoms with Gasteiger partial charge in [-0.15, -0.1) is 0 Å². The van der Waals surface area contributed by atoms with E-state index in [0.717, 1.165) is 11.8 Å². The molecule has 1 rings (SSSR count). The summed E-state index contributed by atoms with van der Waals surface area (Å²) in [5.41, 5.74) is -0.197. The van der Waals surface area contributed by atoms with Gasteiger partial charge in [0.05, 0.1) is 5.54 Å². The van der Waals surface area contributed by atoms with E-state index >= 15 is 0 Å². The topological polar surface area (TPSA) is 47.8 Å². The summed E-state index contributed by atoms with van der Waals surface area (Å²) < 4.78 is 1.64. The van der Waals surface area contributed by atoms with Crippen molar-refractivity contribution < 1.29 is 4.79 Å². The van der Waals surface area contributed by atoms with Crippen molar-refractivity contribution in [2.24, 2.45) is 0 Å². The lowest BCUT2D eigenvalue weighted by atomic mass is 10.1. The monoisotopic (exact) mass is 199 g/mol. The van der Waals surface area contributed by atoms with E-state index in [2.05, 4.69) is 10.1 Å². The summed E-state index contributed by atoms with van der Waals surface area (Å²) in [6, 6.07) is 0. The molecule has 0 spiro atoms. The van der Waals surface area contributed by atoms with Crippen LogP contribution in [-0.2, 0) is 5.54 Å². The molecule has 0 atom stereocenters. The second-order valence-electron chi connectivity index (χ2n) is 3.66. The molecule has 0 fully saturated rings. The Labute approximate surface area is 81.7 Å². The van der Waals surface area contributed by atoms with Crippen LogP contribution in [0.1, 0.15) is 31.4 Å². The van der Waals surface area contributed by atoms with Crippen molar-refractivity contribution in [2.45, 2.75) is 26.3 Å². The summed E-state index contributed by atoms with van der Waals surface area (Å²) in [7, 11) is 0. The molecule has 0 saturated carbocycles. The molecule has 0 radical (unpaired) electrons. The fraction of sp³-hybridized carbons (Fsp3) is 0.625. The number of nitrogens with zero attached hydrogens (tertiary/aromatic N) is 3. The number of hydrogen-bond acceptors (Lipinski definition) is 4. The van der Waals surface area contributed by atoms with E-state index in [1.165, 1.54) is 6.33 Å². The van der Waals surface area contributed by atoms with Crippen LogP contribution in [0.15, 0.2) is 6.33 Å². The van der Waals surface area contributed by atoms with Gasteiger partial charge in [0.1, 0.15) is 6.33 Å². The molecule has 4 nitrogen and oxygen atoms in total. The molecule has 0 aliphatic heterocycles. The van der Waals surface area contributed by atoms with Crippen LogP contribution in [0.25, 0.3) is 0 Å². The second kappa shape index (κ2) is 3.49. The Balaban J connectivity index is 3.10. The highest BCUT2D eigenvalue weighted by atomic mass is 32.2. The molecule has 1 heterocycles. The molecule has 0 aliphatic carbocycles. The van der Waals surface area contributed by atoms with Crippen molar-refractivity contribution in [1.29, 1.82) is 0 Å². The minimum atomic E-state index is -0.197. The number of carbonyl (C=O) groups is 1. The van der Waals surface area contributed by atoms with Crippen LogP contribution in [0.3, 0.4) is 0 Å². The minimum absolute atomic E-state index is 0.0487. The van der Waals surface area contributed by atoms with Gasteiger partial charge in [-0.25, -0.2) is 9.67 Å². The van der Waals surface area contributed by atoms with Gasteiger partial charge in [0.25, 0.3) is 5.12 Å². The third-order valence-corrected chi connectivity index (χ3v) is 2.10. The molecule has 0 aliphatic rings. The van der Waals surface area contributed by atoms with Crippen LogP contribution in [-0.4, -0.2) is 26.1 Å². The Morgan fingerprint density at radius 3 is 2.62 bits per heavy atom. The SMILES string of the molecule is CSC(=O)c1ncnn1C(C)(C)C. The van der Waals surface area contributed by atoms with E-state index in [4.69, 9.17) is 0 Å².